The van der Waals surface area contributed by atoms with E-state index in [0.717, 1.165) is 51.3 Å². The van der Waals surface area contributed by atoms with Crippen LogP contribution in [0.1, 0.15) is 25.3 Å². The summed E-state index contributed by atoms with van der Waals surface area (Å²) in [5.41, 5.74) is 0.954. The Hall–Kier alpha value is -2.25. The smallest absolute Gasteiger partial charge is 0.244 e. The van der Waals surface area contributed by atoms with Crippen molar-refractivity contribution in [2.75, 3.05) is 39.3 Å². The van der Waals surface area contributed by atoms with Crippen LogP contribution < -0.4 is 5.32 Å². The van der Waals surface area contributed by atoms with Crippen molar-refractivity contribution in [3.05, 3.63) is 36.2 Å². The van der Waals surface area contributed by atoms with Crippen LogP contribution in [0.5, 0.6) is 0 Å². The number of hydrogen-bond donors (Lipinski definition) is 1. The second-order valence-electron chi connectivity index (χ2n) is 7.05. The van der Waals surface area contributed by atoms with E-state index in [1.165, 1.54) is 0 Å². The fraction of sp³-hybridized carbons (Fsp3) is 0.526. The molecule has 0 aliphatic carbocycles. The normalized spacial score (nSPS) is 22.5. The van der Waals surface area contributed by atoms with Gasteiger partial charge in [0.15, 0.2) is 0 Å². The molecule has 2 aromatic rings. The molecular formula is C19H25N5O2. The quantitative estimate of drug-likeness (QED) is 0.897. The molecule has 3 heterocycles. The summed E-state index contributed by atoms with van der Waals surface area (Å²) in [6.07, 6.45) is 0.958. The van der Waals surface area contributed by atoms with Gasteiger partial charge in [0.05, 0.1) is 12.0 Å². The van der Waals surface area contributed by atoms with Crippen molar-refractivity contribution < 1.29 is 9.32 Å². The molecule has 2 atom stereocenters. The van der Waals surface area contributed by atoms with Crippen LogP contribution in [0.4, 0.5) is 0 Å². The average molecular weight is 355 g/mol. The molecular weight excluding hydrogens is 330 g/mol. The van der Waals surface area contributed by atoms with Gasteiger partial charge in [0.2, 0.25) is 17.6 Å². The zero-order valence-electron chi connectivity index (χ0n) is 15.1. The number of rotatable bonds is 4. The molecule has 138 valence electrons. The molecule has 2 unspecified atom stereocenters. The second-order valence-corrected chi connectivity index (χ2v) is 7.05. The molecule has 26 heavy (non-hydrogen) atoms. The highest BCUT2D eigenvalue weighted by molar-refractivity contribution is 5.79. The van der Waals surface area contributed by atoms with Crippen molar-refractivity contribution in [1.29, 1.82) is 0 Å². The summed E-state index contributed by atoms with van der Waals surface area (Å²) < 4.78 is 5.50. The molecule has 2 saturated heterocycles. The summed E-state index contributed by atoms with van der Waals surface area (Å²) in [4.78, 5) is 21.4. The maximum atomic E-state index is 12.5. The fourth-order valence-corrected chi connectivity index (χ4v) is 3.72. The van der Waals surface area contributed by atoms with E-state index >= 15 is 0 Å². The van der Waals surface area contributed by atoms with E-state index in [2.05, 4.69) is 27.3 Å². The average Bonchev–Trinajstić information content (AvgIpc) is 3.40. The van der Waals surface area contributed by atoms with E-state index in [0.29, 0.717) is 17.6 Å². The molecule has 2 aliphatic heterocycles. The topological polar surface area (TPSA) is 74.5 Å². The maximum absolute atomic E-state index is 12.5. The third-order valence-corrected chi connectivity index (χ3v) is 5.41. The van der Waals surface area contributed by atoms with Gasteiger partial charge in [-0.1, -0.05) is 35.5 Å². The van der Waals surface area contributed by atoms with Crippen molar-refractivity contribution in [2.45, 2.75) is 19.4 Å². The highest BCUT2D eigenvalue weighted by atomic mass is 16.5. The van der Waals surface area contributed by atoms with Crippen LogP contribution in [0.15, 0.2) is 34.9 Å². The van der Waals surface area contributed by atoms with Crippen molar-refractivity contribution >= 4 is 5.91 Å². The van der Waals surface area contributed by atoms with E-state index in [1.54, 1.807) is 0 Å². The molecule has 7 heteroatoms. The predicted octanol–water partition coefficient (Wildman–Crippen LogP) is 1.55. The van der Waals surface area contributed by atoms with Gasteiger partial charge in [-0.15, -0.1) is 0 Å². The van der Waals surface area contributed by atoms with Crippen LogP contribution in [-0.2, 0) is 4.79 Å². The molecule has 1 aromatic heterocycles. The van der Waals surface area contributed by atoms with E-state index < -0.39 is 0 Å². The van der Waals surface area contributed by atoms with Gasteiger partial charge >= 0.3 is 0 Å². The SMILES string of the molecule is CC(c1nc(-c2ccccc2)no1)N1CCN(C(=O)C2CCNC2)CC1. The largest absolute Gasteiger partial charge is 0.340 e. The van der Waals surface area contributed by atoms with Crippen LogP contribution in [0.2, 0.25) is 0 Å². The highest BCUT2D eigenvalue weighted by Gasteiger charge is 2.31. The summed E-state index contributed by atoms with van der Waals surface area (Å²) in [7, 11) is 0. The Morgan fingerprint density at radius 2 is 2.00 bits per heavy atom. The van der Waals surface area contributed by atoms with Gasteiger partial charge in [-0.25, -0.2) is 0 Å². The first kappa shape index (κ1) is 17.2. The zero-order chi connectivity index (χ0) is 17.9. The zero-order valence-corrected chi connectivity index (χ0v) is 15.1. The lowest BCUT2D eigenvalue weighted by Gasteiger charge is -2.37. The first-order valence-corrected chi connectivity index (χ1v) is 9.35. The minimum atomic E-state index is 0.0466. The van der Waals surface area contributed by atoms with Crippen LogP contribution in [0.25, 0.3) is 11.4 Å². The summed E-state index contributed by atoms with van der Waals surface area (Å²) in [6.45, 7) is 7.04. The van der Waals surface area contributed by atoms with Gasteiger partial charge in [-0.2, -0.15) is 4.98 Å². The Labute approximate surface area is 153 Å². The molecule has 2 fully saturated rings. The third-order valence-electron chi connectivity index (χ3n) is 5.41. The minimum Gasteiger partial charge on any atom is -0.340 e. The second kappa shape index (κ2) is 7.55. The molecule has 0 radical (unpaired) electrons. The van der Waals surface area contributed by atoms with Gasteiger partial charge in [0.1, 0.15) is 0 Å². The third kappa shape index (κ3) is 3.50. The number of nitrogens with zero attached hydrogens (tertiary/aromatic N) is 4. The number of amides is 1. The summed E-state index contributed by atoms with van der Waals surface area (Å²) in [5, 5.41) is 7.38. The molecule has 7 nitrogen and oxygen atoms in total. The fourth-order valence-electron chi connectivity index (χ4n) is 3.72. The molecule has 1 N–H and O–H groups in total. The van der Waals surface area contributed by atoms with Crippen molar-refractivity contribution in [3.8, 4) is 11.4 Å². The van der Waals surface area contributed by atoms with E-state index in [-0.39, 0.29) is 12.0 Å². The summed E-state index contributed by atoms with van der Waals surface area (Å²) >= 11 is 0. The number of benzene rings is 1. The van der Waals surface area contributed by atoms with Crippen LogP contribution in [0, 0.1) is 5.92 Å². The summed E-state index contributed by atoms with van der Waals surface area (Å²) in [6, 6.07) is 9.89. The molecule has 1 aromatic carbocycles. The monoisotopic (exact) mass is 355 g/mol. The van der Waals surface area contributed by atoms with Gasteiger partial charge in [0.25, 0.3) is 0 Å². The molecule has 1 amide bonds. The Morgan fingerprint density at radius 3 is 2.69 bits per heavy atom. The van der Waals surface area contributed by atoms with Crippen LogP contribution >= 0.6 is 0 Å². The van der Waals surface area contributed by atoms with E-state index in [4.69, 9.17) is 4.52 Å². The maximum Gasteiger partial charge on any atom is 0.244 e. The number of carbonyl (C=O) groups is 1. The first-order valence-electron chi connectivity index (χ1n) is 9.35. The summed E-state index contributed by atoms with van der Waals surface area (Å²) in [5.74, 6) is 1.70. The molecule has 0 saturated carbocycles. The van der Waals surface area contributed by atoms with Gasteiger partial charge in [-0.05, 0) is 19.9 Å². The van der Waals surface area contributed by atoms with Crippen LogP contribution in [0.3, 0.4) is 0 Å². The van der Waals surface area contributed by atoms with Gasteiger partial charge in [0, 0.05) is 38.3 Å². The number of nitrogens with one attached hydrogen (secondary N) is 1. The Morgan fingerprint density at radius 1 is 1.23 bits per heavy atom. The van der Waals surface area contributed by atoms with E-state index in [1.807, 2.05) is 35.2 Å². The lowest BCUT2D eigenvalue weighted by Crippen LogP contribution is -2.51. The van der Waals surface area contributed by atoms with Crippen LogP contribution in [-0.4, -0.2) is 65.1 Å². The number of carbonyl (C=O) groups excluding carboxylic acids is 1. The number of aromatic nitrogens is 2. The van der Waals surface area contributed by atoms with Gasteiger partial charge in [-0.3, -0.25) is 9.69 Å². The van der Waals surface area contributed by atoms with Crippen molar-refractivity contribution in [1.82, 2.24) is 25.3 Å². The van der Waals surface area contributed by atoms with Crippen molar-refractivity contribution in [2.24, 2.45) is 5.92 Å². The molecule has 0 bridgehead atoms. The number of hydrogen-bond acceptors (Lipinski definition) is 6. The molecule has 2 aliphatic rings. The Balaban J connectivity index is 1.36. The standard InChI is InChI=1S/C19H25N5O2/c1-14(18-21-17(22-26-18)15-5-3-2-4-6-15)23-9-11-24(12-10-23)19(25)16-7-8-20-13-16/h2-6,14,16,20H,7-13H2,1H3. The number of piperazine rings is 1. The lowest BCUT2D eigenvalue weighted by molar-refractivity contribution is -0.137. The highest BCUT2D eigenvalue weighted by Crippen LogP contribution is 2.24. The lowest BCUT2D eigenvalue weighted by atomic mass is 10.1. The predicted molar refractivity (Wildman–Crippen MR) is 97.3 cm³/mol. The van der Waals surface area contributed by atoms with Gasteiger partial charge < -0.3 is 14.7 Å². The first-order chi connectivity index (χ1) is 12.7. The molecule has 4 rings (SSSR count). The van der Waals surface area contributed by atoms with Crippen molar-refractivity contribution in [3.63, 3.8) is 0 Å². The Kier molecular flexibility index (Phi) is 4.99. The Bertz CT molecular complexity index is 733. The minimum absolute atomic E-state index is 0.0466. The van der Waals surface area contributed by atoms with E-state index in [9.17, 15) is 4.79 Å². The molecule has 0 spiro atoms.